The van der Waals surface area contributed by atoms with E-state index in [-0.39, 0.29) is 0 Å². The highest BCUT2D eigenvalue weighted by molar-refractivity contribution is 9.11. The van der Waals surface area contributed by atoms with E-state index in [1.807, 2.05) is 105 Å². The van der Waals surface area contributed by atoms with Crippen LogP contribution in [-0.2, 0) is 6.54 Å². The molecule has 0 radical (unpaired) electrons. The maximum Gasteiger partial charge on any atom is 0.172 e. The third-order valence-electron chi connectivity index (χ3n) is 6.89. The minimum atomic E-state index is 0.643. The van der Waals surface area contributed by atoms with Crippen LogP contribution in [0.3, 0.4) is 0 Å². The molecular weight excluding hydrogens is 788 g/mol. The number of hydrogen-bond acceptors (Lipinski definition) is 8. The molecule has 0 spiro atoms. The van der Waals surface area contributed by atoms with E-state index in [0.29, 0.717) is 11.6 Å². The number of thioether (sulfide) groups is 1. The van der Waals surface area contributed by atoms with Gasteiger partial charge in [0.15, 0.2) is 16.5 Å². The molecule has 2 N–H and O–H groups in total. The fraction of sp³-hybridized carbons (Fsp3) is 0.143. The van der Waals surface area contributed by atoms with Crippen molar-refractivity contribution in [3.63, 3.8) is 0 Å². The van der Waals surface area contributed by atoms with Gasteiger partial charge in [0.25, 0.3) is 0 Å². The molecule has 0 aliphatic heterocycles. The third kappa shape index (κ3) is 8.84. The van der Waals surface area contributed by atoms with E-state index in [1.54, 1.807) is 46.4 Å². The van der Waals surface area contributed by atoms with Gasteiger partial charge < -0.3 is 10.6 Å². The molecule has 2 aromatic carbocycles. The van der Waals surface area contributed by atoms with Crippen LogP contribution < -0.4 is 10.6 Å². The van der Waals surface area contributed by atoms with Crippen LogP contribution in [0.1, 0.15) is 19.4 Å². The number of aliphatic imine (C=N–C) groups is 1. The van der Waals surface area contributed by atoms with Crippen LogP contribution in [0.2, 0.25) is 5.02 Å². The molecule has 250 valence electrons. The lowest BCUT2D eigenvalue weighted by atomic mass is 10.1. The summed E-state index contributed by atoms with van der Waals surface area (Å²) in [5.41, 5.74) is 6.38. The van der Waals surface area contributed by atoms with Gasteiger partial charge >= 0.3 is 0 Å². The van der Waals surface area contributed by atoms with Crippen molar-refractivity contribution in [3.8, 4) is 22.5 Å². The standard InChI is InChI=1S/C18H13BrClN5.C15H14BrN5S.C2H6/c19-15-11-23-25-17(22-10-12-2-1-7-21-9-12)8-16(24-18(15)25)13-3-5-14(20)6-4-13;1-17-15(22-2)20-13-8-12(10-6-4-3-5-7-10)19-14-11(16)9-18-21(13)14;1-2/h1-9,11,22H,10H2;3-9H,1-2H3,(H,17,20);1-2H3. The van der Waals surface area contributed by atoms with E-state index in [4.69, 9.17) is 21.6 Å². The lowest BCUT2D eigenvalue weighted by Crippen LogP contribution is -2.12. The number of nitrogens with zero attached hydrogens (tertiary/aromatic N) is 8. The predicted molar refractivity (Wildman–Crippen MR) is 211 cm³/mol. The first-order valence-corrected chi connectivity index (χ1v) is 18.4. The normalized spacial score (nSPS) is 11.0. The van der Waals surface area contributed by atoms with E-state index in [2.05, 4.69) is 62.7 Å². The molecule has 14 heteroatoms. The third-order valence-corrected chi connectivity index (χ3v) is 8.94. The maximum atomic E-state index is 5.99. The van der Waals surface area contributed by atoms with E-state index in [1.165, 1.54) is 0 Å². The zero-order chi connectivity index (χ0) is 34.8. The van der Waals surface area contributed by atoms with E-state index in [9.17, 15) is 0 Å². The van der Waals surface area contributed by atoms with Crippen LogP contribution in [0.4, 0.5) is 11.6 Å². The average Bonchev–Trinajstić information content (AvgIpc) is 3.73. The number of anilines is 2. The summed E-state index contributed by atoms with van der Waals surface area (Å²) in [4.78, 5) is 17.8. The molecule has 7 rings (SSSR count). The summed E-state index contributed by atoms with van der Waals surface area (Å²) >= 11 is 14.5. The van der Waals surface area contributed by atoms with Crippen molar-refractivity contribution >= 4 is 83.3 Å². The fourth-order valence-corrected chi connectivity index (χ4v) is 5.83. The second kappa shape index (κ2) is 17.4. The number of amidine groups is 1. The maximum absolute atomic E-state index is 5.99. The van der Waals surface area contributed by atoms with Gasteiger partial charge in [-0.3, -0.25) is 9.98 Å². The predicted octanol–water partition coefficient (Wildman–Crippen LogP) is 9.76. The van der Waals surface area contributed by atoms with E-state index >= 15 is 0 Å². The molecule has 0 amide bonds. The van der Waals surface area contributed by atoms with Gasteiger partial charge in [-0.2, -0.15) is 19.2 Å². The molecule has 0 saturated heterocycles. The number of aromatic nitrogens is 7. The fourth-order valence-electron chi connectivity index (χ4n) is 4.62. The summed E-state index contributed by atoms with van der Waals surface area (Å²) in [7, 11) is 1.76. The molecule has 0 fully saturated rings. The first kappa shape index (κ1) is 36.0. The van der Waals surface area contributed by atoms with Gasteiger partial charge in [-0.05, 0) is 61.9 Å². The Hall–Kier alpha value is -4.30. The highest BCUT2D eigenvalue weighted by atomic mass is 79.9. The Labute approximate surface area is 310 Å². The summed E-state index contributed by atoms with van der Waals surface area (Å²) in [5.74, 6) is 1.68. The van der Waals surface area contributed by atoms with Crippen molar-refractivity contribution in [1.29, 1.82) is 0 Å². The molecule has 5 heterocycles. The monoisotopic (exact) mass is 818 g/mol. The molecule has 49 heavy (non-hydrogen) atoms. The van der Waals surface area contributed by atoms with Crippen LogP contribution in [-0.4, -0.2) is 52.7 Å². The number of fused-ring (bicyclic) bond motifs is 2. The van der Waals surface area contributed by atoms with Gasteiger partial charge in [0.2, 0.25) is 0 Å². The highest BCUT2D eigenvalue weighted by Gasteiger charge is 2.13. The van der Waals surface area contributed by atoms with Crippen LogP contribution in [0.25, 0.3) is 33.8 Å². The van der Waals surface area contributed by atoms with Gasteiger partial charge in [-0.25, -0.2) is 9.97 Å². The van der Waals surface area contributed by atoms with E-state index in [0.717, 1.165) is 65.1 Å². The van der Waals surface area contributed by atoms with Crippen LogP contribution >= 0.6 is 55.2 Å². The van der Waals surface area contributed by atoms with Gasteiger partial charge in [0.1, 0.15) is 11.6 Å². The molecule has 0 unspecified atom stereocenters. The van der Waals surface area contributed by atoms with Crippen molar-refractivity contribution in [2.45, 2.75) is 20.4 Å². The molecular formula is C35H33Br2ClN10S. The molecule has 0 atom stereocenters. The Morgan fingerprint density at radius 2 is 1.39 bits per heavy atom. The van der Waals surface area contributed by atoms with Crippen molar-refractivity contribution in [2.75, 3.05) is 23.9 Å². The summed E-state index contributed by atoms with van der Waals surface area (Å²) in [5, 5.41) is 17.0. The molecule has 0 aliphatic carbocycles. The lowest BCUT2D eigenvalue weighted by Gasteiger charge is -2.11. The number of pyridine rings is 1. The Balaban J connectivity index is 0.000000183. The largest absolute Gasteiger partial charge is 0.366 e. The van der Waals surface area contributed by atoms with Crippen molar-refractivity contribution < 1.29 is 0 Å². The molecule has 10 nitrogen and oxygen atoms in total. The van der Waals surface area contributed by atoms with Gasteiger partial charge in [0, 0.05) is 54.3 Å². The summed E-state index contributed by atoms with van der Waals surface area (Å²) in [6.07, 6.45) is 9.06. The summed E-state index contributed by atoms with van der Waals surface area (Å²) < 4.78 is 5.23. The van der Waals surface area contributed by atoms with Crippen molar-refractivity contribution in [2.24, 2.45) is 4.99 Å². The first-order chi connectivity index (χ1) is 23.9. The quantitative estimate of drug-likeness (QED) is 0.126. The van der Waals surface area contributed by atoms with Gasteiger partial charge in [0.05, 0.1) is 32.7 Å². The Morgan fingerprint density at radius 1 is 0.796 bits per heavy atom. The molecule has 0 bridgehead atoms. The minimum Gasteiger partial charge on any atom is -0.366 e. The van der Waals surface area contributed by atoms with Gasteiger partial charge in [-0.15, -0.1) is 0 Å². The minimum absolute atomic E-state index is 0.643. The molecule has 5 aromatic heterocycles. The summed E-state index contributed by atoms with van der Waals surface area (Å²) in [6, 6.07) is 25.6. The van der Waals surface area contributed by atoms with Crippen LogP contribution in [0, 0.1) is 0 Å². The second-order valence-corrected chi connectivity index (χ2v) is 12.9. The van der Waals surface area contributed by atoms with Gasteiger partial charge in [-0.1, -0.05) is 85.7 Å². The van der Waals surface area contributed by atoms with Crippen molar-refractivity contribution in [3.05, 3.63) is 123 Å². The van der Waals surface area contributed by atoms with Crippen LogP contribution in [0.5, 0.6) is 0 Å². The van der Waals surface area contributed by atoms with E-state index < -0.39 is 0 Å². The zero-order valence-electron chi connectivity index (χ0n) is 27.1. The highest BCUT2D eigenvalue weighted by Crippen LogP contribution is 2.28. The lowest BCUT2D eigenvalue weighted by molar-refractivity contribution is 0.925. The Morgan fingerprint density at radius 3 is 1.96 bits per heavy atom. The molecule has 7 aromatic rings. The van der Waals surface area contributed by atoms with Crippen molar-refractivity contribution in [1.82, 2.24) is 34.2 Å². The number of halogens is 3. The summed E-state index contributed by atoms with van der Waals surface area (Å²) in [6.45, 7) is 4.64. The average molecular weight is 821 g/mol. The zero-order valence-corrected chi connectivity index (χ0v) is 31.9. The number of benzene rings is 2. The van der Waals surface area contributed by atoms with Crippen LogP contribution in [0.15, 0.2) is 118 Å². The Bertz CT molecular complexity index is 2160. The topological polar surface area (TPSA) is 110 Å². The smallest absolute Gasteiger partial charge is 0.172 e. The number of nitrogens with one attached hydrogen (secondary N) is 2. The first-order valence-electron chi connectivity index (χ1n) is 15.2. The SMILES string of the molecule is CC.CN=C(Nc1cc(-c2ccccc2)nc2c(Br)cnn12)SC.Clc1ccc(-c2cc(NCc3cccnc3)n3ncc(Br)c3n2)cc1. The molecule has 0 saturated carbocycles. The molecule has 0 aliphatic rings. The number of rotatable bonds is 6. The second-order valence-electron chi connectivity index (χ2n) is 9.95. The number of hydrogen-bond donors (Lipinski definition) is 2. The Kier molecular flexibility index (Phi) is 12.8.